The zero-order valence-electron chi connectivity index (χ0n) is 15.4. The second kappa shape index (κ2) is 7.55. The average molecular weight is 408 g/mol. The minimum atomic E-state index is -3.99. The molecule has 1 N–H and O–H groups in total. The summed E-state index contributed by atoms with van der Waals surface area (Å²) in [5.41, 5.74) is 1.62. The summed E-state index contributed by atoms with van der Waals surface area (Å²) in [6.07, 6.45) is 1.20. The number of anilines is 2. The molecule has 10 heteroatoms. The Morgan fingerprint density at radius 1 is 1.14 bits per heavy atom. The first-order valence-corrected chi connectivity index (χ1v) is 9.72. The van der Waals surface area contributed by atoms with Gasteiger partial charge in [0.25, 0.3) is 10.0 Å². The number of nitrogens with one attached hydrogen (secondary N) is 1. The number of hydrogen-bond acceptors (Lipinski definition) is 6. The molecule has 0 spiro atoms. The van der Waals surface area contributed by atoms with E-state index in [1.807, 2.05) is 25.8 Å². The van der Waals surface area contributed by atoms with Gasteiger partial charge in [-0.1, -0.05) is 5.16 Å². The summed E-state index contributed by atoms with van der Waals surface area (Å²) in [6, 6.07) is 5.69. The van der Waals surface area contributed by atoms with E-state index in [-0.39, 0.29) is 10.6 Å². The number of aromatic nitrogens is 2. The highest BCUT2D eigenvalue weighted by Crippen LogP contribution is 2.21. The Balaban J connectivity index is 1.76. The summed E-state index contributed by atoms with van der Waals surface area (Å²) in [5.74, 6) is -0.948. The molecule has 2 heterocycles. The Hall–Kier alpha value is -3.01. The number of nitrogens with zero attached hydrogens (tertiary/aromatic N) is 3. The lowest BCUT2D eigenvalue weighted by molar-refractivity contribution is 0.392. The Labute approximate surface area is 161 Å². The zero-order chi connectivity index (χ0) is 20.5. The molecule has 28 heavy (non-hydrogen) atoms. The standard InChI is InChI=1S/C18H18F2N4O3S/c1-11-15(12(2)27-22-11)10-24(3)18-7-5-14(9-21-18)28(25,26)23-13-4-6-16(19)17(20)8-13/h4-9,23H,10H2,1-3H3. The number of sulfonamides is 1. The summed E-state index contributed by atoms with van der Waals surface area (Å²) in [7, 11) is -2.19. The van der Waals surface area contributed by atoms with Gasteiger partial charge in [0.05, 0.1) is 11.4 Å². The van der Waals surface area contributed by atoms with E-state index in [2.05, 4.69) is 14.9 Å². The summed E-state index contributed by atoms with van der Waals surface area (Å²) in [4.78, 5) is 5.90. The van der Waals surface area contributed by atoms with Crippen LogP contribution in [-0.4, -0.2) is 25.6 Å². The molecular weight excluding hydrogens is 390 g/mol. The van der Waals surface area contributed by atoms with Crippen molar-refractivity contribution in [3.05, 3.63) is 65.2 Å². The third-order valence-electron chi connectivity index (χ3n) is 4.17. The first-order chi connectivity index (χ1) is 13.2. The molecule has 3 aromatic rings. The van der Waals surface area contributed by atoms with Crippen LogP contribution >= 0.6 is 0 Å². The molecule has 0 amide bonds. The van der Waals surface area contributed by atoms with Crippen LogP contribution in [0.25, 0.3) is 0 Å². The van der Waals surface area contributed by atoms with Gasteiger partial charge in [-0.05, 0) is 38.1 Å². The predicted molar refractivity (Wildman–Crippen MR) is 99.5 cm³/mol. The van der Waals surface area contributed by atoms with Crippen LogP contribution in [0.5, 0.6) is 0 Å². The fourth-order valence-electron chi connectivity index (χ4n) is 2.58. The minimum absolute atomic E-state index is 0.0847. The Bertz CT molecular complexity index is 1080. The molecule has 0 saturated carbocycles. The highest BCUT2D eigenvalue weighted by Gasteiger charge is 2.17. The molecular formula is C18H18F2N4O3S. The van der Waals surface area contributed by atoms with Crippen molar-refractivity contribution in [3.8, 4) is 0 Å². The lowest BCUT2D eigenvalue weighted by Gasteiger charge is -2.18. The maximum absolute atomic E-state index is 13.3. The molecule has 0 fully saturated rings. The van der Waals surface area contributed by atoms with Crippen molar-refractivity contribution in [2.45, 2.75) is 25.3 Å². The van der Waals surface area contributed by atoms with Crippen molar-refractivity contribution < 1.29 is 21.7 Å². The molecule has 0 atom stereocenters. The van der Waals surface area contributed by atoms with Crippen LogP contribution in [0.1, 0.15) is 17.0 Å². The molecule has 0 aliphatic heterocycles. The third kappa shape index (κ3) is 4.11. The molecule has 148 valence electrons. The lowest BCUT2D eigenvalue weighted by Crippen LogP contribution is -2.19. The Morgan fingerprint density at radius 2 is 1.89 bits per heavy atom. The van der Waals surface area contributed by atoms with Crippen molar-refractivity contribution in [3.63, 3.8) is 0 Å². The maximum atomic E-state index is 13.3. The van der Waals surface area contributed by atoms with Crippen LogP contribution in [-0.2, 0) is 16.6 Å². The van der Waals surface area contributed by atoms with E-state index >= 15 is 0 Å². The van der Waals surface area contributed by atoms with Gasteiger partial charge in [-0.2, -0.15) is 0 Å². The van der Waals surface area contributed by atoms with Crippen molar-refractivity contribution in [1.82, 2.24) is 10.1 Å². The minimum Gasteiger partial charge on any atom is -0.361 e. The second-order valence-corrected chi connectivity index (χ2v) is 7.93. The molecule has 0 radical (unpaired) electrons. The first kappa shape index (κ1) is 19.7. The fraction of sp³-hybridized carbons (Fsp3) is 0.222. The number of hydrogen-bond donors (Lipinski definition) is 1. The van der Waals surface area contributed by atoms with E-state index in [1.54, 1.807) is 6.07 Å². The van der Waals surface area contributed by atoms with Gasteiger partial charge in [-0.25, -0.2) is 22.2 Å². The van der Waals surface area contributed by atoms with Gasteiger partial charge in [-0.15, -0.1) is 0 Å². The number of rotatable bonds is 6. The van der Waals surface area contributed by atoms with Crippen molar-refractivity contribution in [2.75, 3.05) is 16.7 Å². The van der Waals surface area contributed by atoms with Gasteiger partial charge in [0.1, 0.15) is 16.5 Å². The smallest absolute Gasteiger partial charge is 0.263 e. The SMILES string of the molecule is Cc1noc(C)c1CN(C)c1ccc(S(=O)(=O)Nc2ccc(F)c(F)c2)cn1. The average Bonchev–Trinajstić information content (AvgIpc) is 2.96. The third-order valence-corrected chi connectivity index (χ3v) is 5.54. The van der Waals surface area contributed by atoms with Crippen molar-refractivity contribution in [1.29, 1.82) is 0 Å². The van der Waals surface area contributed by atoms with E-state index in [4.69, 9.17) is 4.52 Å². The van der Waals surface area contributed by atoms with Crippen LogP contribution < -0.4 is 9.62 Å². The molecule has 0 bridgehead atoms. The Kier molecular flexibility index (Phi) is 5.32. The number of pyridine rings is 1. The molecule has 0 aliphatic carbocycles. The van der Waals surface area contributed by atoms with Gasteiger partial charge >= 0.3 is 0 Å². The zero-order valence-corrected chi connectivity index (χ0v) is 16.2. The molecule has 0 unspecified atom stereocenters. The van der Waals surface area contributed by atoms with E-state index in [9.17, 15) is 17.2 Å². The van der Waals surface area contributed by atoms with Gasteiger partial charge < -0.3 is 9.42 Å². The molecule has 0 saturated heterocycles. The van der Waals surface area contributed by atoms with Crippen LogP contribution in [0.2, 0.25) is 0 Å². The van der Waals surface area contributed by atoms with Gasteiger partial charge in [0.15, 0.2) is 11.6 Å². The Morgan fingerprint density at radius 3 is 2.46 bits per heavy atom. The maximum Gasteiger partial charge on any atom is 0.263 e. The highest BCUT2D eigenvalue weighted by molar-refractivity contribution is 7.92. The fourth-order valence-corrected chi connectivity index (χ4v) is 3.57. The van der Waals surface area contributed by atoms with E-state index in [0.29, 0.717) is 18.1 Å². The normalized spacial score (nSPS) is 11.5. The van der Waals surface area contributed by atoms with E-state index in [1.165, 1.54) is 12.3 Å². The predicted octanol–water partition coefficient (Wildman–Crippen LogP) is 3.40. The summed E-state index contributed by atoms with van der Waals surface area (Å²) < 4.78 is 58.4. The second-order valence-electron chi connectivity index (χ2n) is 6.25. The molecule has 2 aromatic heterocycles. The molecule has 0 aliphatic rings. The van der Waals surface area contributed by atoms with Crippen LogP contribution in [0.3, 0.4) is 0 Å². The first-order valence-electron chi connectivity index (χ1n) is 8.24. The number of aryl methyl sites for hydroxylation is 2. The van der Waals surface area contributed by atoms with Gasteiger partial charge in [0, 0.05) is 31.4 Å². The molecule has 7 nitrogen and oxygen atoms in total. The van der Waals surface area contributed by atoms with Crippen LogP contribution in [0.15, 0.2) is 45.9 Å². The van der Waals surface area contributed by atoms with Gasteiger partial charge in [-0.3, -0.25) is 4.72 Å². The topological polar surface area (TPSA) is 88.3 Å². The summed E-state index contributed by atoms with van der Waals surface area (Å²) in [6.45, 7) is 4.15. The van der Waals surface area contributed by atoms with Gasteiger partial charge in [0.2, 0.25) is 0 Å². The van der Waals surface area contributed by atoms with Crippen molar-refractivity contribution >= 4 is 21.5 Å². The lowest BCUT2D eigenvalue weighted by atomic mass is 10.2. The molecule has 1 aromatic carbocycles. The number of benzene rings is 1. The van der Waals surface area contributed by atoms with Crippen LogP contribution in [0, 0.1) is 25.5 Å². The monoisotopic (exact) mass is 408 g/mol. The van der Waals surface area contributed by atoms with E-state index < -0.39 is 21.7 Å². The quantitative estimate of drug-likeness (QED) is 0.673. The molecule has 3 rings (SSSR count). The number of halogens is 2. The van der Waals surface area contributed by atoms with E-state index in [0.717, 1.165) is 29.5 Å². The largest absolute Gasteiger partial charge is 0.361 e. The highest BCUT2D eigenvalue weighted by atomic mass is 32.2. The van der Waals surface area contributed by atoms with Crippen LogP contribution in [0.4, 0.5) is 20.3 Å². The van der Waals surface area contributed by atoms with Crippen molar-refractivity contribution in [2.24, 2.45) is 0 Å². The summed E-state index contributed by atoms with van der Waals surface area (Å²) in [5, 5.41) is 3.90. The summed E-state index contributed by atoms with van der Waals surface area (Å²) >= 11 is 0.